The SMILES string of the molecule is Cc1ccc2c(c1C)-c1ccccc1C2=O. The Balaban J connectivity index is 2.44. The molecule has 0 radical (unpaired) electrons. The number of hydrogen-bond donors (Lipinski definition) is 0. The maximum Gasteiger partial charge on any atom is 0.194 e. The van der Waals surface area contributed by atoms with Crippen LogP contribution >= 0.6 is 0 Å². The third-order valence-corrected chi connectivity index (χ3v) is 3.42. The predicted molar refractivity (Wildman–Crippen MR) is 64.8 cm³/mol. The van der Waals surface area contributed by atoms with Crippen molar-refractivity contribution >= 4 is 5.78 Å². The highest BCUT2D eigenvalue weighted by atomic mass is 16.1. The van der Waals surface area contributed by atoms with Crippen LogP contribution < -0.4 is 0 Å². The summed E-state index contributed by atoms with van der Waals surface area (Å²) in [5.41, 5.74) is 6.36. The smallest absolute Gasteiger partial charge is 0.194 e. The van der Waals surface area contributed by atoms with Gasteiger partial charge in [-0.25, -0.2) is 0 Å². The van der Waals surface area contributed by atoms with Crippen LogP contribution in [0.1, 0.15) is 27.0 Å². The van der Waals surface area contributed by atoms with Gasteiger partial charge in [-0.15, -0.1) is 0 Å². The number of carbonyl (C=O) groups is 1. The second kappa shape index (κ2) is 3.05. The van der Waals surface area contributed by atoms with Crippen LogP contribution in [0, 0.1) is 13.8 Å². The molecule has 0 spiro atoms. The minimum absolute atomic E-state index is 0.161. The van der Waals surface area contributed by atoms with Crippen LogP contribution in [-0.2, 0) is 0 Å². The van der Waals surface area contributed by atoms with E-state index in [1.54, 1.807) is 0 Å². The lowest BCUT2D eigenvalue weighted by Gasteiger charge is -2.07. The van der Waals surface area contributed by atoms with Crippen LogP contribution in [0.4, 0.5) is 0 Å². The zero-order valence-corrected chi connectivity index (χ0v) is 9.37. The molecule has 0 fully saturated rings. The van der Waals surface area contributed by atoms with E-state index in [0.29, 0.717) is 0 Å². The molecule has 0 amide bonds. The normalized spacial score (nSPS) is 12.5. The molecule has 0 aliphatic heterocycles. The van der Waals surface area contributed by atoms with Gasteiger partial charge in [0.15, 0.2) is 5.78 Å². The van der Waals surface area contributed by atoms with E-state index in [1.165, 1.54) is 11.1 Å². The predicted octanol–water partition coefficient (Wildman–Crippen LogP) is 3.51. The van der Waals surface area contributed by atoms with Crippen LogP contribution in [0.2, 0.25) is 0 Å². The van der Waals surface area contributed by atoms with Gasteiger partial charge in [-0.1, -0.05) is 36.4 Å². The Morgan fingerprint density at radius 3 is 2.25 bits per heavy atom. The monoisotopic (exact) mass is 208 g/mol. The lowest BCUT2D eigenvalue weighted by Crippen LogP contribution is -1.95. The fraction of sp³-hybridized carbons (Fsp3) is 0.133. The van der Waals surface area contributed by atoms with Gasteiger partial charge in [-0.3, -0.25) is 4.79 Å². The minimum Gasteiger partial charge on any atom is -0.289 e. The Labute approximate surface area is 94.7 Å². The lowest BCUT2D eigenvalue weighted by atomic mass is 9.97. The average molecular weight is 208 g/mol. The molecule has 2 aromatic carbocycles. The van der Waals surface area contributed by atoms with Gasteiger partial charge in [-0.05, 0) is 36.1 Å². The van der Waals surface area contributed by atoms with E-state index >= 15 is 0 Å². The largest absolute Gasteiger partial charge is 0.289 e. The first-order chi connectivity index (χ1) is 7.70. The Morgan fingerprint density at radius 2 is 1.50 bits per heavy atom. The van der Waals surface area contributed by atoms with Crippen molar-refractivity contribution in [3.8, 4) is 11.1 Å². The first kappa shape index (κ1) is 9.34. The molecule has 0 heterocycles. The van der Waals surface area contributed by atoms with Crippen molar-refractivity contribution in [2.24, 2.45) is 0 Å². The molecule has 78 valence electrons. The van der Waals surface area contributed by atoms with Crippen LogP contribution in [-0.4, -0.2) is 5.78 Å². The number of fused-ring (bicyclic) bond motifs is 3. The fourth-order valence-corrected chi connectivity index (χ4v) is 2.40. The summed E-state index contributed by atoms with van der Waals surface area (Å²) in [7, 11) is 0. The molecule has 0 aromatic heterocycles. The zero-order valence-electron chi connectivity index (χ0n) is 9.37. The summed E-state index contributed by atoms with van der Waals surface area (Å²) in [4.78, 5) is 12.2. The summed E-state index contributed by atoms with van der Waals surface area (Å²) in [6.45, 7) is 4.17. The van der Waals surface area contributed by atoms with Gasteiger partial charge < -0.3 is 0 Å². The van der Waals surface area contributed by atoms with Gasteiger partial charge in [0.1, 0.15) is 0 Å². The van der Waals surface area contributed by atoms with E-state index in [9.17, 15) is 4.79 Å². The summed E-state index contributed by atoms with van der Waals surface area (Å²) < 4.78 is 0. The van der Waals surface area contributed by atoms with Gasteiger partial charge in [0.25, 0.3) is 0 Å². The molecule has 0 bridgehead atoms. The summed E-state index contributed by atoms with van der Waals surface area (Å²) in [5, 5.41) is 0. The molecule has 0 N–H and O–H groups in total. The van der Waals surface area contributed by atoms with Crippen LogP contribution in [0.25, 0.3) is 11.1 Å². The highest BCUT2D eigenvalue weighted by Gasteiger charge is 2.27. The van der Waals surface area contributed by atoms with Crippen molar-refractivity contribution in [3.63, 3.8) is 0 Å². The molecular weight excluding hydrogens is 196 g/mol. The van der Waals surface area contributed by atoms with Crippen molar-refractivity contribution < 1.29 is 4.79 Å². The van der Waals surface area contributed by atoms with Crippen molar-refractivity contribution in [3.05, 3.63) is 58.7 Å². The Morgan fingerprint density at radius 1 is 0.812 bits per heavy atom. The summed E-state index contributed by atoms with van der Waals surface area (Å²) in [6.07, 6.45) is 0. The quantitative estimate of drug-likeness (QED) is 0.552. The van der Waals surface area contributed by atoms with E-state index in [-0.39, 0.29) is 5.78 Å². The molecule has 0 unspecified atom stereocenters. The molecule has 16 heavy (non-hydrogen) atoms. The van der Waals surface area contributed by atoms with Crippen LogP contribution in [0.3, 0.4) is 0 Å². The molecule has 0 saturated heterocycles. The maximum absolute atomic E-state index is 12.2. The number of hydrogen-bond acceptors (Lipinski definition) is 1. The van der Waals surface area contributed by atoms with Crippen molar-refractivity contribution in [2.45, 2.75) is 13.8 Å². The van der Waals surface area contributed by atoms with Gasteiger partial charge >= 0.3 is 0 Å². The highest BCUT2D eigenvalue weighted by molar-refractivity contribution is 6.22. The molecule has 1 heteroatoms. The average Bonchev–Trinajstić information content (AvgIpc) is 2.59. The van der Waals surface area contributed by atoms with Crippen molar-refractivity contribution in [1.82, 2.24) is 0 Å². The van der Waals surface area contributed by atoms with E-state index in [1.807, 2.05) is 36.4 Å². The number of benzene rings is 2. The van der Waals surface area contributed by atoms with Crippen LogP contribution in [0.15, 0.2) is 36.4 Å². The van der Waals surface area contributed by atoms with Crippen molar-refractivity contribution in [1.29, 1.82) is 0 Å². The summed E-state index contributed by atoms with van der Waals surface area (Å²) in [5.74, 6) is 0.161. The molecule has 1 aliphatic carbocycles. The topological polar surface area (TPSA) is 17.1 Å². The Hall–Kier alpha value is -1.89. The Bertz CT molecular complexity index is 609. The van der Waals surface area contributed by atoms with Gasteiger partial charge in [-0.2, -0.15) is 0 Å². The first-order valence-corrected chi connectivity index (χ1v) is 5.44. The molecule has 1 nitrogen and oxygen atoms in total. The van der Waals surface area contributed by atoms with E-state index < -0.39 is 0 Å². The fourth-order valence-electron chi connectivity index (χ4n) is 2.40. The number of rotatable bonds is 0. The summed E-state index contributed by atoms with van der Waals surface area (Å²) in [6, 6.07) is 11.8. The standard InChI is InChI=1S/C15H12O/c1-9-7-8-13-14(10(9)2)11-5-3-4-6-12(11)15(13)16/h3-8H,1-2H3. The van der Waals surface area contributed by atoms with Crippen molar-refractivity contribution in [2.75, 3.05) is 0 Å². The number of ketones is 1. The highest BCUT2D eigenvalue weighted by Crippen LogP contribution is 2.39. The van der Waals surface area contributed by atoms with E-state index in [2.05, 4.69) is 13.8 Å². The van der Waals surface area contributed by atoms with Gasteiger partial charge in [0, 0.05) is 11.1 Å². The van der Waals surface area contributed by atoms with E-state index in [4.69, 9.17) is 0 Å². The lowest BCUT2D eigenvalue weighted by molar-refractivity contribution is 0.104. The molecule has 1 aliphatic rings. The minimum atomic E-state index is 0.161. The second-order valence-corrected chi connectivity index (χ2v) is 4.30. The molecular formula is C15H12O. The third-order valence-electron chi connectivity index (χ3n) is 3.42. The van der Waals surface area contributed by atoms with Crippen LogP contribution in [0.5, 0.6) is 0 Å². The van der Waals surface area contributed by atoms with E-state index in [0.717, 1.165) is 22.3 Å². The summed E-state index contributed by atoms with van der Waals surface area (Å²) >= 11 is 0. The van der Waals surface area contributed by atoms with Gasteiger partial charge in [0.05, 0.1) is 0 Å². The zero-order chi connectivity index (χ0) is 11.3. The third kappa shape index (κ3) is 1.03. The first-order valence-electron chi connectivity index (χ1n) is 5.44. The maximum atomic E-state index is 12.2. The Kier molecular flexibility index (Phi) is 1.78. The molecule has 0 saturated carbocycles. The number of carbonyl (C=O) groups excluding carboxylic acids is 1. The molecule has 0 atom stereocenters. The molecule has 2 aromatic rings. The number of aryl methyl sites for hydroxylation is 1. The second-order valence-electron chi connectivity index (χ2n) is 4.30. The molecule has 3 rings (SSSR count). The van der Waals surface area contributed by atoms with Gasteiger partial charge in [0.2, 0.25) is 0 Å².